The molecule has 18 heteroatoms. The maximum Gasteiger partial charge on any atom is 0.246 e. The quantitative estimate of drug-likeness (QED) is 0.0746. The minimum Gasteiger partial charge on any atom is -0.347 e. The molecule has 76 heavy (non-hydrogen) atoms. The molecule has 2 heterocycles. The van der Waals surface area contributed by atoms with E-state index in [2.05, 4.69) is 101 Å². The second-order valence-corrected chi connectivity index (χ2v) is 25.2. The highest BCUT2D eigenvalue weighted by Gasteiger charge is 2.45. The number of hydrogen-bond donors (Lipinski definition) is 6. The van der Waals surface area contributed by atoms with Gasteiger partial charge in [-0.3, -0.25) is 28.8 Å². The van der Waals surface area contributed by atoms with Crippen LogP contribution < -0.4 is 31.9 Å². The molecule has 4 aliphatic rings. The van der Waals surface area contributed by atoms with Gasteiger partial charge in [0.1, 0.15) is 24.2 Å². The zero-order valence-corrected chi connectivity index (χ0v) is 47.1. The Labute approximate surface area is 457 Å². The highest BCUT2D eigenvalue weighted by atomic mass is 32.2. The molecule has 2 aliphatic heterocycles. The lowest BCUT2D eigenvalue weighted by atomic mass is 9.85. The van der Waals surface area contributed by atoms with Gasteiger partial charge in [-0.1, -0.05) is 102 Å². The molecular formula is C58H78N10O6S2. The van der Waals surface area contributed by atoms with Gasteiger partial charge in [0.25, 0.3) is 0 Å². The van der Waals surface area contributed by atoms with Gasteiger partial charge in [0.05, 0.1) is 25.2 Å². The topological polar surface area (TPSA) is 188 Å². The van der Waals surface area contributed by atoms with Crippen LogP contribution in [0, 0.1) is 10.8 Å². The van der Waals surface area contributed by atoms with Crippen molar-refractivity contribution in [3.8, 4) is 0 Å². The van der Waals surface area contributed by atoms with E-state index >= 15 is 0 Å². The third-order valence-corrected chi connectivity index (χ3v) is 17.1. The van der Waals surface area contributed by atoms with Crippen LogP contribution in [0.3, 0.4) is 0 Å². The smallest absolute Gasteiger partial charge is 0.246 e. The van der Waals surface area contributed by atoms with E-state index in [-0.39, 0.29) is 60.6 Å². The summed E-state index contributed by atoms with van der Waals surface area (Å²) in [4.78, 5) is 89.5. The summed E-state index contributed by atoms with van der Waals surface area (Å²) in [6.07, 6.45) is 5.46. The van der Waals surface area contributed by atoms with Crippen LogP contribution in [0.4, 0.5) is 0 Å². The first-order valence-corrected chi connectivity index (χ1v) is 28.5. The lowest BCUT2D eigenvalue weighted by Gasteiger charge is -2.43. The second-order valence-electron chi connectivity index (χ2n) is 22.8. The van der Waals surface area contributed by atoms with Crippen molar-refractivity contribution in [3.63, 3.8) is 0 Å². The number of piperazine rings is 2. The molecule has 0 radical (unpaired) electrons. The van der Waals surface area contributed by atoms with E-state index < -0.39 is 35.0 Å². The summed E-state index contributed by atoms with van der Waals surface area (Å²) in [7, 11) is 3.38. The Bertz CT molecular complexity index is 2580. The lowest BCUT2D eigenvalue weighted by Crippen LogP contribution is -2.65. The van der Waals surface area contributed by atoms with Crippen molar-refractivity contribution < 1.29 is 28.8 Å². The van der Waals surface area contributed by atoms with Gasteiger partial charge in [0, 0.05) is 49.1 Å². The number of nitrogens with one attached hydrogen (secondary N) is 6. The van der Waals surface area contributed by atoms with Crippen LogP contribution in [-0.4, -0.2) is 144 Å². The number of rotatable bonds is 16. The summed E-state index contributed by atoms with van der Waals surface area (Å²) in [5, 5.41) is 20.4. The number of carbonyl (C=O) groups excluding carboxylic acids is 6. The lowest BCUT2D eigenvalue weighted by molar-refractivity contribution is -0.148. The summed E-state index contributed by atoms with van der Waals surface area (Å²) < 4.78 is 4.31. The Hall–Kier alpha value is -5.50. The Morgan fingerprint density at radius 1 is 0.553 bits per heavy atom. The Balaban J connectivity index is 0.979. The molecule has 0 spiro atoms. The molecule has 4 aromatic carbocycles. The first-order valence-electron chi connectivity index (χ1n) is 27.0. The summed E-state index contributed by atoms with van der Waals surface area (Å²) >= 11 is 3.13. The monoisotopic (exact) mass is 1070 g/mol. The highest BCUT2D eigenvalue weighted by Crippen LogP contribution is 2.36. The molecule has 6 unspecified atom stereocenters. The van der Waals surface area contributed by atoms with Crippen molar-refractivity contribution in [1.29, 1.82) is 0 Å². The van der Waals surface area contributed by atoms with Crippen LogP contribution in [0.2, 0.25) is 0 Å². The molecule has 0 bridgehead atoms. The molecule has 6 atom stereocenters. The Morgan fingerprint density at radius 3 is 1.33 bits per heavy atom. The van der Waals surface area contributed by atoms with Gasteiger partial charge in [-0.15, -0.1) is 0 Å². The molecule has 408 valence electrons. The summed E-state index contributed by atoms with van der Waals surface area (Å²) in [6, 6.07) is 25.5. The molecule has 0 aromatic heterocycles. The van der Waals surface area contributed by atoms with Crippen molar-refractivity contribution in [2.45, 2.75) is 126 Å². The standard InChI is InChI=1S/C58H78N10O6S2/c1-57(2,3)51(63-49(69)33-59-7)55(73)67-29-27-65(35-47(67)53(71)61-45-21-13-17-37-15-9-11-19-43(37)45)75-41-25-23-40-32-42(26-24-39(40)31-41)76-66-28-30-68(56(74)52(58(4,5)6)64-50(70)34-60-8)48(36-66)54(72)62-46-22-14-18-38-16-10-12-20-44(38)46/h9-12,15-16,19-20,23-26,31-32,45-48,51-52,59-60H,13-14,17-18,21-22,27-30,33-36H2,1-8H3,(H,61,71)(H,62,72)(H,63,69)(H,64,70). The number of amides is 6. The number of hydrogen-bond acceptors (Lipinski definition) is 12. The third kappa shape index (κ3) is 13.8. The van der Waals surface area contributed by atoms with Crippen LogP contribution in [0.5, 0.6) is 0 Å². The normalized spacial score (nSPS) is 21.2. The van der Waals surface area contributed by atoms with Crippen LogP contribution in [-0.2, 0) is 41.6 Å². The maximum absolute atomic E-state index is 14.6. The fraction of sp³-hybridized carbons (Fsp3) is 0.517. The van der Waals surface area contributed by atoms with Gasteiger partial charge < -0.3 is 41.7 Å². The highest BCUT2D eigenvalue weighted by molar-refractivity contribution is 7.97. The predicted molar refractivity (Wildman–Crippen MR) is 301 cm³/mol. The van der Waals surface area contributed by atoms with Crippen LogP contribution in [0.15, 0.2) is 94.7 Å². The van der Waals surface area contributed by atoms with E-state index in [0.717, 1.165) is 70.2 Å². The minimum atomic E-state index is -0.837. The van der Waals surface area contributed by atoms with Crippen molar-refractivity contribution in [2.75, 3.05) is 66.5 Å². The van der Waals surface area contributed by atoms with Gasteiger partial charge in [-0.25, -0.2) is 8.61 Å². The van der Waals surface area contributed by atoms with Crippen LogP contribution in [0.25, 0.3) is 10.8 Å². The predicted octanol–water partition coefficient (Wildman–Crippen LogP) is 5.77. The average Bonchev–Trinajstić information content (AvgIpc) is 3.39. The molecule has 6 N–H and O–H groups in total. The number of likely N-dealkylation sites (N-methyl/N-ethyl adjacent to an activating group) is 2. The van der Waals surface area contributed by atoms with Crippen molar-refractivity contribution in [3.05, 3.63) is 107 Å². The van der Waals surface area contributed by atoms with E-state index in [4.69, 9.17) is 0 Å². The summed E-state index contributed by atoms with van der Waals surface area (Å²) in [6.45, 7) is 13.9. The van der Waals surface area contributed by atoms with E-state index in [9.17, 15) is 28.8 Å². The molecule has 0 saturated carbocycles. The van der Waals surface area contributed by atoms with E-state index in [1.807, 2.05) is 65.8 Å². The summed E-state index contributed by atoms with van der Waals surface area (Å²) in [5.41, 5.74) is 3.48. The molecular weight excluding hydrogens is 997 g/mol. The zero-order chi connectivity index (χ0) is 54.3. The van der Waals surface area contributed by atoms with E-state index in [1.54, 1.807) is 47.8 Å². The number of fused-ring (bicyclic) bond motifs is 3. The average molecular weight is 1080 g/mol. The molecule has 8 rings (SSSR count). The number of nitrogens with zero attached hydrogens (tertiary/aromatic N) is 4. The number of aryl methyl sites for hydroxylation is 2. The van der Waals surface area contributed by atoms with Gasteiger partial charge in [-0.2, -0.15) is 0 Å². The maximum atomic E-state index is 14.6. The van der Waals surface area contributed by atoms with Crippen molar-refractivity contribution in [1.82, 2.24) is 50.3 Å². The molecule has 2 saturated heterocycles. The molecule has 6 amide bonds. The van der Waals surface area contributed by atoms with E-state index in [1.165, 1.54) is 11.1 Å². The fourth-order valence-electron chi connectivity index (χ4n) is 11.0. The zero-order valence-electron chi connectivity index (χ0n) is 45.5. The SMILES string of the molecule is CNCC(=O)NC(C(=O)N1CCN(Sc2ccc3cc(SN4CCN(C(=O)C(NC(=O)CNC)C(C)(C)C)C(C(=O)NC5CCCc6ccccc65)C4)ccc3c2)CC1C(=O)NC1CCCc2ccccc21)C(C)(C)C. The van der Waals surface area contributed by atoms with E-state index in [0.29, 0.717) is 39.3 Å². The third-order valence-electron chi connectivity index (χ3n) is 15.0. The largest absolute Gasteiger partial charge is 0.347 e. The van der Waals surface area contributed by atoms with Crippen molar-refractivity contribution in [2.24, 2.45) is 10.8 Å². The van der Waals surface area contributed by atoms with Gasteiger partial charge in [-0.05, 0) is 145 Å². The summed E-state index contributed by atoms with van der Waals surface area (Å²) in [5.74, 6) is -1.54. The minimum absolute atomic E-state index is 0.0685. The van der Waals surface area contributed by atoms with Gasteiger partial charge >= 0.3 is 0 Å². The van der Waals surface area contributed by atoms with Crippen molar-refractivity contribution >= 4 is 70.1 Å². The van der Waals surface area contributed by atoms with Crippen LogP contribution >= 0.6 is 23.9 Å². The first-order chi connectivity index (χ1) is 36.3. The van der Waals surface area contributed by atoms with Gasteiger partial charge in [0.15, 0.2) is 0 Å². The number of benzene rings is 4. The number of carbonyl (C=O) groups is 6. The molecule has 4 aromatic rings. The molecule has 2 aliphatic carbocycles. The Kier molecular flexibility index (Phi) is 18.6. The Morgan fingerprint density at radius 2 is 0.947 bits per heavy atom. The molecule has 16 nitrogen and oxygen atoms in total. The van der Waals surface area contributed by atoms with Crippen LogP contribution in [0.1, 0.15) is 102 Å². The second kappa shape index (κ2) is 24.9. The molecule has 2 fully saturated rings. The first kappa shape index (κ1) is 56.7. The van der Waals surface area contributed by atoms with Gasteiger partial charge in [0.2, 0.25) is 35.4 Å². The fourth-order valence-corrected chi connectivity index (χ4v) is 13.0.